The first-order valence-corrected chi connectivity index (χ1v) is 13.1. The minimum atomic E-state index is -0.525. The average Bonchev–Trinajstić information content (AvgIpc) is 3.09. The van der Waals surface area contributed by atoms with E-state index in [4.69, 9.17) is 4.74 Å². The Balaban J connectivity index is 1.15. The number of benzene rings is 2. The standard InChI is InChI=1S/C28H35N5O4/c1-37-23-9-6-7-20(17-23)18-32-14-5-4-11-25(26(32)34)30-27(35)31-15-12-22(13-16-31)33-19-21-8-2-3-10-24(21)29-28(33)36/h2-3,6-10,17,22,25H,4-5,11-16,18-19H2,1H3,(H,29,36)(H,30,35). The Morgan fingerprint density at radius 3 is 2.65 bits per heavy atom. The van der Waals surface area contributed by atoms with Gasteiger partial charge in [-0.3, -0.25) is 4.79 Å². The highest BCUT2D eigenvalue weighted by atomic mass is 16.5. The average molecular weight is 506 g/mol. The van der Waals surface area contributed by atoms with Crippen LogP contribution in [0.4, 0.5) is 15.3 Å². The second-order valence-electron chi connectivity index (χ2n) is 10.0. The van der Waals surface area contributed by atoms with Gasteiger partial charge in [0, 0.05) is 44.5 Å². The fourth-order valence-electron chi connectivity index (χ4n) is 5.53. The second kappa shape index (κ2) is 11.1. The van der Waals surface area contributed by atoms with Crippen LogP contribution in [-0.4, -0.2) is 71.5 Å². The van der Waals surface area contributed by atoms with Crippen LogP contribution in [0.25, 0.3) is 0 Å². The number of fused-ring (bicyclic) bond motifs is 1. The molecule has 0 saturated carbocycles. The number of hydrogen-bond acceptors (Lipinski definition) is 4. The molecule has 196 valence electrons. The molecular weight excluding hydrogens is 470 g/mol. The normalized spacial score (nSPS) is 20.7. The summed E-state index contributed by atoms with van der Waals surface area (Å²) in [5.74, 6) is 0.728. The minimum Gasteiger partial charge on any atom is -0.497 e. The molecule has 0 aromatic heterocycles. The number of piperidine rings is 1. The van der Waals surface area contributed by atoms with Crippen LogP contribution in [0.15, 0.2) is 48.5 Å². The van der Waals surface area contributed by atoms with E-state index in [-0.39, 0.29) is 24.0 Å². The van der Waals surface area contributed by atoms with E-state index in [9.17, 15) is 14.4 Å². The van der Waals surface area contributed by atoms with Gasteiger partial charge in [-0.25, -0.2) is 9.59 Å². The molecule has 5 amide bonds. The lowest BCUT2D eigenvalue weighted by Crippen LogP contribution is -2.55. The van der Waals surface area contributed by atoms with E-state index in [1.54, 1.807) is 12.0 Å². The van der Waals surface area contributed by atoms with Crippen LogP contribution in [0.3, 0.4) is 0 Å². The second-order valence-corrected chi connectivity index (χ2v) is 10.0. The van der Waals surface area contributed by atoms with Gasteiger partial charge in [-0.2, -0.15) is 0 Å². The Kier molecular flexibility index (Phi) is 7.48. The molecule has 3 aliphatic rings. The van der Waals surface area contributed by atoms with Gasteiger partial charge in [0.15, 0.2) is 0 Å². The number of nitrogens with zero attached hydrogens (tertiary/aromatic N) is 3. The summed E-state index contributed by atoms with van der Waals surface area (Å²) >= 11 is 0. The number of ether oxygens (including phenoxy) is 1. The lowest BCUT2D eigenvalue weighted by atomic mass is 10.0. The van der Waals surface area contributed by atoms with Crippen LogP contribution in [0, 0.1) is 0 Å². The Hall–Kier alpha value is -3.75. The van der Waals surface area contributed by atoms with Crippen molar-refractivity contribution in [3.8, 4) is 5.75 Å². The lowest BCUT2D eigenvalue weighted by molar-refractivity contribution is -0.133. The topological polar surface area (TPSA) is 94.2 Å². The highest BCUT2D eigenvalue weighted by molar-refractivity contribution is 5.92. The zero-order valence-corrected chi connectivity index (χ0v) is 21.3. The maximum Gasteiger partial charge on any atom is 0.322 e. The molecule has 2 aromatic rings. The molecule has 0 bridgehead atoms. The van der Waals surface area contributed by atoms with E-state index < -0.39 is 6.04 Å². The van der Waals surface area contributed by atoms with Gasteiger partial charge in [0.2, 0.25) is 5.91 Å². The van der Waals surface area contributed by atoms with E-state index in [0.29, 0.717) is 52.0 Å². The quantitative estimate of drug-likeness (QED) is 0.646. The number of rotatable bonds is 5. The molecule has 9 nitrogen and oxygen atoms in total. The first-order chi connectivity index (χ1) is 18.0. The largest absolute Gasteiger partial charge is 0.497 e. The Bertz CT molecular complexity index is 1150. The monoisotopic (exact) mass is 505 g/mol. The van der Waals surface area contributed by atoms with Crippen LogP contribution in [0.1, 0.15) is 43.2 Å². The smallest absolute Gasteiger partial charge is 0.322 e. The van der Waals surface area contributed by atoms with E-state index in [1.165, 1.54) is 0 Å². The maximum absolute atomic E-state index is 13.3. The van der Waals surface area contributed by atoms with Crippen LogP contribution >= 0.6 is 0 Å². The van der Waals surface area contributed by atoms with Crippen LogP contribution in [-0.2, 0) is 17.9 Å². The van der Waals surface area contributed by atoms with Gasteiger partial charge in [0.1, 0.15) is 11.8 Å². The molecule has 0 aliphatic carbocycles. The fourth-order valence-corrected chi connectivity index (χ4v) is 5.53. The molecule has 0 spiro atoms. The molecule has 3 heterocycles. The van der Waals surface area contributed by atoms with Gasteiger partial charge in [0.05, 0.1) is 7.11 Å². The van der Waals surface area contributed by atoms with Crippen molar-refractivity contribution < 1.29 is 19.1 Å². The number of nitrogens with one attached hydrogen (secondary N) is 2. The number of amides is 5. The van der Waals surface area contributed by atoms with Crippen molar-refractivity contribution in [1.82, 2.24) is 20.0 Å². The zero-order chi connectivity index (χ0) is 25.8. The predicted molar refractivity (Wildman–Crippen MR) is 140 cm³/mol. The summed E-state index contributed by atoms with van der Waals surface area (Å²) in [6.45, 7) is 2.86. The highest BCUT2D eigenvalue weighted by Crippen LogP contribution is 2.27. The van der Waals surface area contributed by atoms with E-state index >= 15 is 0 Å². The molecule has 1 atom stereocenters. The fraction of sp³-hybridized carbons (Fsp3) is 0.464. The molecule has 2 N–H and O–H groups in total. The van der Waals surface area contributed by atoms with Gasteiger partial charge >= 0.3 is 12.1 Å². The molecule has 0 radical (unpaired) electrons. The first kappa shape index (κ1) is 24.9. The van der Waals surface area contributed by atoms with E-state index in [1.807, 2.05) is 58.3 Å². The van der Waals surface area contributed by atoms with E-state index in [2.05, 4.69) is 10.6 Å². The van der Waals surface area contributed by atoms with Crippen molar-refractivity contribution in [3.05, 3.63) is 59.7 Å². The summed E-state index contributed by atoms with van der Waals surface area (Å²) in [6.07, 6.45) is 3.86. The van der Waals surface area contributed by atoms with Gasteiger partial charge in [-0.1, -0.05) is 30.3 Å². The van der Waals surface area contributed by atoms with Crippen molar-refractivity contribution in [2.24, 2.45) is 0 Å². The van der Waals surface area contributed by atoms with Crippen molar-refractivity contribution in [2.75, 3.05) is 32.1 Å². The SMILES string of the molecule is COc1cccc(CN2CCCCC(NC(=O)N3CCC(N4Cc5ccccc5NC4=O)CC3)C2=O)c1. The van der Waals surface area contributed by atoms with Crippen molar-refractivity contribution in [2.45, 2.75) is 57.3 Å². The molecule has 37 heavy (non-hydrogen) atoms. The number of likely N-dealkylation sites (tertiary alicyclic amines) is 2. The molecule has 3 aliphatic heterocycles. The molecule has 2 fully saturated rings. The summed E-state index contributed by atoms with van der Waals surface area (Å²) in [5.41, 5.74) is 2.98. The van der Waals surface area contributed by atoms with Gasteiger partial charge in [-0.15, -0.1) is 0 Å². The summed E-state index contributed by atoms with van der Waals surface area (Å²) in [7, 11) is 1.63. The number of urea groups is 2. The summed E-state index contributed by atoms with van der Waals surface area (Å²) in [6, 6.07) is 14.9. The number of anilines is 1. The third-order valence-electron chi connectivity index (χ3n) is 7.64. The molecule has 5 rings (SSSR count). The number of carbonyl (C=O) groups is 3. The zero-order valence-electron chi connectivity index (χ0n) is 21.3. The van der Waals surface area contributed by atoms with Crippen molar-refractivity contribution in [1.29, 1.82) is 0 Å². The third kappa shape index (κ3) is 5.65. The molecule has 2 saturated heterocycles. The van der Waals surface area contributed by atoms with Gasteiger partial charge < -0.3 is 30.1 Å². The summed E-state index contributed by atoms with van der Waals surface area (Å²) in [4.78, 5) is 44.6. The predicted octanol–water partition coefficient (Wildman–Crippen LogP) is 3.80. The van der Waals surface area contributed by atoms with Crippen LogP contribution in [0.5, 0.6) is 5.75 Å². The summed E-state index contributed by atoms with van der Waals surface area (Å²) < 4.78 is 5.31. The highest BCUT2D eigenvalue weighted by Gasteiger charge is 2.34. The van der Waals surface area contributed by atoms with Crippen LogP contribution in [0.2, 0.25) is 0 Å². The van der Waals surface area contributed by atoms with Crippen molar-refractivity contribution in [3.63, 3.8) is 0 Å². The summed E-state index contributed by atoms with van der Waals surface area (Å²) in [5, 5.41) is 5.99. The molecular formula is C28H35N5O4. The number of carbonyl (C=O) groups excluding carboxylic acids is 3. The number of methoxy groups -OCH3 is 1. The number of para-hydroxylation sites is 1. The Morgan fingerprint density at radius 1 is 1.03 bits per heavy atom. The maximum atomic E-state index is 13.3. The van der Waals surface area contributed by atoms with Crippen molar-refractivity contribution >= 4 is 23.7 Å². The minimum absolute atomic E-state index is 0.0350. The Labute approximate surface area is 217 Å². The molecule has 9 heteroatoms. The number of hydrogen-bond donors (Lipinski definition) is 2. The van der Waals surface area contributed by atoms with Crippen LogP contribution < -0.4 is 15.4 Å². The lowest BCUT2D eigenvalue weighted by Gasteiger charge is -2.40. The van der Waals surface area contributed by atoms with Gasteiger partial charge in [0.25, 0.3) is 0 Å². The van der Waals surface area contributed by atoms with Gasteiger partial charge in [-0.05, 0) is 61.4 Å². The van der Waals surface area contributed by atoms with E-state index in [0.717, 1.165) is 35.4 Å². The molecule has 1 unspecified atom stereocenters. The third-order valence-corrected chi connectivity index (χ3v) is 7.64. The molecule has 2 aromatic carbocycles. The first-order valence-electron chi connectivity index (χ1n) is 13.1. The Morgan fingerprint density at radius 2 is 1.84 bits per heavy atom.